The van der Waals surface area contributed by atoms with Crippen LogP contribution in [0.25, 0.3) is 0 Å². The molecule has 0 saturated carbocycles. The molecular formula is C65H128N2O10. The number of nitrogens with one attached hydrogen (secondary N) is 2. The van der Waals surface area contributed by atoms with E-state index in [0.717, 1.165) is 135 Å². The van der Waals surface area contributed by atoms with Crippen molar-refractivity contribution in [1.29, 1.82) is 0 Å². The van der Waals surface area contributed by atoms with Gasteiger partial charge in [0.05, 0.1) is 25.4 Å². The second kappa shape index (κ2) is 51.5. The Kier molecular flexibility index (Phi) is 49.2. The van der Waals surface area contributed by atoms with Gasteiger partial charge in [-0.15, -0.1) is 0 Å². The third-order valence-corrected chi connectivity index (χ3v) is 15.0. The van der Waals surface area contributed by atoms with E-state index in [-0.39, 0.29) is 29.9 Å². The Bertz CT molecular complexity index is 1300. The monoisotopic (exact) mass is 1100 g/mol. The molecule has 1 saturated heterocycles. The average molecular weight is 1100 g/mol. The van der Waals surface area contributed by atoms with E-state index >= 15 is 0 Å². The molecule has 0 bridgehead atoms. The Balaban J connectivity index is 3.42. The Morgan fingerprint density at radius 3 is 1.44 bits per heavy atom. The minimum atomic E-state index is -0.787. The standard InChI is InChI=1S/C65H128N2O10/c1-11-18-25-26-27-28-29-30-32-35-38-41-44-56(71-48-20-13-3)59(72-49-21-14-4)55(67-58(68)45-42-39-36-33-31-34-37-40-43-46-66-64(69)65(8,9)10)53-76-63-62(75-52-24-17-7)61(74-51-23-16-6)60(73-50-22-15-5)57(77-63)54-70-47-19-12-2/h55-57,59-63H,11-54H2,1-10H3,(H,66,69)(H,67,68)/t55-,56+,57?,59-,60-,61-,62?,63-/m0/s1. The molecule has 0 aromatic rings. The van der Waals surface area contributed by atoms with Gasteiger partial charge in [0, 0.05) is 58.0 Å². The first-order chi connectivity index (χ1) is 37.5. The second-order valence-corrected chi connectivity index (χ2v) is 23.6. The molecule has 1 aliphatic heterocycles. The zero-order chi connectivity index (χ0) is 56.5. The third-order valence-electron chi connectivity index (χ3n) is 15.0. The van der Waals surface area contributed by atoms with E-state index in [1.54, 1.807) is 0 Å². The van der Waals surface area contributed by atoms with Gasteiger partial charge in [-0.25, -0.2) is 0 Å². The van der Waals surface area contributed by atoms with Crippen LogP contribution in [-0.2, 0) is 47.5 Å². The van der Waals surface area contributed by atoms with Crippen LogP contribution in [0.5, 0.6) is 0 Å². The first-order valence-electron chi connectivity index (χ1n) is 33.0. The number of ether oxygens (including phenoxy) is 8. The van der Waals surface area contributed by atoms with Gasteiger partial charge in [-0.1, -0.05) is 230 Å². The van der Waals surface area contributed by atoms with Gasteiger partial charge in [-0.05, 0) is 57.8 Å². The fraction of sp³-hybridized carbons (Fsp3) is 0.969. The van der Waals surface area contributed by atoms with E-state index in [2.05, 4.69) is 59.1 Å². The highest BCUT2D eigenvalue weighted by molar-refractivity contribution is 5.81. The number of hydrogen-bond acceptors (Lipinski definition) is 10. The van der Waals surface area contributed by atoms with Crippen LogP contribution in [0.15, 0.2) is 0 Å². The van der Waals surface area contributed by atoms with E-state index < -0.39 is 42.9 Å². The SMILES string of the molecule is CCCCCCCCCCCCCC[C@@H](OCCCC)[C@@H](OCCCC)[C@H](CO[C@H]1OC(COCCCC)[C@H](OCCCC)[C@H](OCCCC)C1OCCCC)NC(=O)CCCCCCCCCCCNC(=O)C(C)(C)C. The third kappa shape index (κ3) is 38.1. The van der Waals surface area contributed by atoms with Crippen molar-refractivity contribution in [3.8, 4) is 0 Å². The molecule has 0 aliphatic carbocycles. The summed E-state index contributed by atoms with van der Waals surface area (Å²) in [6.45, 7) is 26.2. The molecule has 1 fully saturated rings. The summed E-state index contributed by atoms with van der Waals surface area (Å²) in [5, 5.41) is 6.57. The van der Waals surface area contributed by atoms with Gasteiger partial charge in [-0.3, -0.25) is 9.59 Å². The highest BCUT2D eigenvalue weighted by Crippen LogP contribution is 2.31. The van der Waals surface area contributed by atoms with Crippen molar-refractivity contribution in [2.75, 3.05) is 59.4 Å². The predicted molar refractivity (Wildman–Crippen MR) is 320 cm³/mol. The van der Waals surface area contributed by atoms with Crippen LogP contribution in [-0.4, -0.2) is 120 Å². The van der Waals surface area contributed by atoms with Crippen molar-refractivity contribution >= 4 is 11.8 Å². The maximum atomic E-state index is 14.3. The summed E-state index contributed by atoms with van der Waals surface area (Å²) in [6.07, 6.45) is 35.3. The highest BCUT2D eigenvalue weighted by atomic mass is 16.7. The molecule has 0 radical (unpaired) electrons. The lowest BCUT2D eigenvalue weighted by Crippen LogP contribution is -2.63. The van der Waals surface area contributed by atoms with Gasteiger partial charge in [0.1, 0.15) is 30.5 Å². The van der Waals surface area contributed by atoms with E-state index in [1.807, 2.05) is 20.8 Å². The zero-order valence-electron chi connectivity index (χ0n) is 52.3. The van der Waals surface area contributed by atoms with Crippen molar-refractivity contribution in [2.45, 2.75) is 343 Å². The van der Waals surface area contributed by atoms with Gasteiger partial charge >= 0.3 is 0 Å². The Hall–Kier alpha value is -1.38. The van der Waals surface area contributed by atoms with Gasteiger partial charge < -0.3 is 48.5 Å². The smallest absolute Gasteiger partial charge is 0.225 e. The Morgan fingerprint density at radius 1 is 0.468 bits per heavy atom. The molecular weight excluding hydrogens is 969 g/mol. The molecule has 8 atom stereocenters. The van der Waals surface area contributed by atoms with Crippen LogP contribution in [0.1, 0.15) is 294 Å². The molecule has 2 N–H and O–H groups in total. The molecule has 0 aromatic heterocycles. The highest BCUT2D eigenvalue weighted by Gasteiger charge is 2.49. The normalized spacial score (nSPS) is 19.1. The van der Waals surface area contributed by atoms with E-state index in [9.17, 15) is 9.59 Å². The summed E-state index contributed by atoms with van der Waals surface area (Å²) in [7, 11) is 0. The first-order valence-corrected chi connectivity index (χ1v) is 33.0. The molecule has 12 nitrogen and oxygen atoms in total. The van der Waals surface area contributed by atoms with Crippen molar-refractivity contribution in [1.82, 2.24) is 10.6 Å². The quantitative estimate of drug-likeness (QED) is 0.0568. The van der Waals surface area contributed by atoms with E-state index in [0.29, 0.717) is 52.7 Å². The van der Waals surface area contributed by atoms with Crippen molar-refractivity contribution in [3.05, 3.63) is 0 Å². The van der Waals surface area contributed by atoms with Crippen LogP contribution in [0.3, 0.4) is 0 Å². The number of amides is 2. The topological polar surface area (TPSA) is 132 Å². The lowest BCUT2D eigenvalue weighted by Gasteiger charge is -2.46. The molecule has 77 heavy (non-hydrogen) atoms. The summed E-state index contributed by atoms with van der Waals surface area (Å²) in [5.74, 6) is 0.143. The fourth-order valence-electron chi connectivity index (χ4n) is 9.82. The predicted octanol–water partition coefficient (Wildman–Crippen LogP) is 16.1. The molecule has 1 aliphatic rings. The van der Waals surface area contributed by atoms with Crippen LogP contribution in [0.2, 0.25) is 0 Å². The molecule has 458 valence electrons. The first kappa shape index (κ1) is 73.6. The van der Waals surface area contributed by atoms with Crippen molar-refractivity contribution < 1.29 is 47.5 Å². The van der Waals surface area contributed by atoms with Gasteiger partial charge in [0.15, 0.2) is 6.29 Å². The largest absolute Gasteiger partial charge is 0.379 e. The average Bonchev–Trinajstić information content (AvgIpc) is 3.41. The lowest BCUT2D eigenvalue weighted by molar-refractivity contribution is -0.325. The Morgan fingerprint density at radius 2 is 0.909 bits per heavy atom. The van der Waals surface area contributed by atoms with E-state index in [4.69, 9.17) is 37.9 Å². The minimum Gasteiger partial charge on any atom is -0.379 e. The molecule has 1 rings (SSSR count). The van der Waals surface area contributed by atoms with E-state index in [1.165, 1.54) is 89.9 Å². The Labute approximate surface area is 475 Å². The van der Waals surface area contributed by atoms with Crippen molar-refractivity contribution in [3.63, 3.8) is 0 Å². The maximum Gasteiger partial charge on any atom is 0.225 e. The number of carbonyl (C=O) groups excluding carboxylic acids is 2. The molecule has 1 heterocycles. The summed E-state index contributed by atoms with van der Waals surface area (Å²) >= 11 is 0. The maximum absolute atomic E-state index is 14.3. The molecule has 0 aromatic carbocycles. The summed E-state index contributed by atoms with van der Waals surface area (Å²) in [4.78, 5) is 26.5. The lowest BCUT2D eigenvalue weighted by atomic mass is 9.96. The molecule has 2 amide bonds. The van der Waals surface area contributed by atoms with Gasteiger partial charge in [0.2, 0.25) is 11.8 Å². The number of unbranched alkanes of at least 4 members (excludes halogenated alkanes) is 25. The van der Waals surface area contributed by atoms with Crippen LogP contribution < -0.4 is 10.6 Å². The zero-order valence-corrected chi connectivity index (χ0v) is 52.3. The minimum absolute atomic E-state index is 0.0200. The number of hydrogen-bond donors (Lipinski definition) is 2. The van der Waals surface area contributed by atoms with Crippen molar-refractivity contribution in [2.24, 2.45) is 5.41 Å². The fourth-order valence-corrected chi connectivity index (χ4v) is 9.82. The van der Waals surface area contributed by atoms with Gasteiger partial charge in [-0.2, -0.15) is 0 Å². The number of rotatable bonds is 56. The molecule has 12 heteroatoms. The summed E-state index contributed by atoms with van der Waals surface area (Å²) in [6, 6.07) is -0.484. The molecule has 0 spiro atoms. The van der Waals surface area contributed by atoms with Gasteiger partial charge in [0.25, 0.3) is 0 Å². The summed E-state index contributed by atoms with van der Waals surface area (Å²) in [5.41, 5.74) is -0.341. The summed E-state index contributed by atoms with van der Waals surface area (Å²) < 4.78 is 54.5. The molecule has 2 unspecified atom stereocenters. The van der Waals surface area contributed by atoms with Crippen LogP contribution >= 0.6 is 0 Å². The van der Waals surface area contributed by atoms with Crippen LogP contribution in [0, 0.1) is 5.41 Å². The number of carbonyl (C=O) groups is 2. The van der Waals surface area contributed by atoms with Crippen LogP contribution in [0.4, 0.5) is 0 Å². The second-order valence-electron chi connectivity index (χ2n) is 23.6.